The van der Waals surface area contributed by atoms with Gasteiger partial charge < -0.3 is 10.4 Å². The number of thiophene rings is 1. The second kappa shape index (κ2) is 6.27. The van der Waals surface area contributed by atoms with Gasteiger partial charge in [-0.1, -0.05) is 15.9 Å². The van der Waals surface area contributed by atoms with Gasteiger partial charge in [0.2, 0.25) is 0 Å². The van der Waals surface area contributed by atoms with E-state index in [1.807, 2.05) is 0 Å². The molecule has 1 aromatic heterocycles. The van der Waals surface area contributed by atoms with E-state index in [2.05, 4.69) is 21.2 Å². The number of halogens is 2. The Kier molecular flexibility index (Phi) is 4.68. The molecule has 0 saturated heterocycles. The van der Waals surface area contributed by atoms with E-state index in [1.165, 1.54) is 23.5 Å². The van der Waals surface area contributed by atoms with Gasteiger partial charge in [-0.2, -0.15) is 0 Å². The zero-order valence-corrected chi connectivity index (χ0v) is 12.2. The first kappa shape index (κ1) is 14.2. The maximum absolute atomic E-state index is 13.1. The minimum absolute atomic E-state index is 0.290. The third-order valence-electron chi connectivity index (χ3n) is 2.58. The zero-order chi connectivity index (χ0) is 13.8. The first-order valence-electron chi connectivity index (χ1n) is 5.52. The lowest BCUT2D eigenvalue weighted by atomic mass is 10.2. The van der Waals surface area contributed by atoms with Crippen molar-refractivity contribution in [3.05, 3.63) is 55.9 Å². The normalized spacial score (nSPS) is 10.6. The van der Waals surface area contributed by atoms with Crippen molar-refractivity contribution in [2.45, 2.75) is 13.1 Å². The van der Waals surface area contributed by atoms with Crippen molar-refractivity contribution in [3.63, 3.8) is 0 Å². The minimum atomic E-state index is -0.918. The van der Waals surface area contributed by atoms with Gasteiger partial charge in [-0.05, 0) is 40.8 Å². The molecule has 100 valence electrons. The van der Waals surface area contributed by atoms with Crippen molar-refractivity contribution in [1.29, 1.82) is 0 Å². The number of aromatic carboxylic acids is 1. The van der Waals surface area contributed by atoms with Crippen LogP contribution in [0.5, 0.6) is 0 Å². The van der Waals surface area contributed by atoms with Crippen molar-refractivity contribution < 1.29 is 14.3 Å². The fourth-order valence-electron chi connectivity index (χ4n) is 1.67. The summed E-state index contributed by atoms with van der Waals surface area (Å²) in [6.07, 6.45) is 0. The molecule has 0 bridgehead atoms. The van der Waals surface area contributed by atoms with Gasteiger partial charge >= 0.3 is 5.97 Å². The van der Waals surface area contributed by atoms with Crippen LogP contribution in [0.1, 0.15) is 20.8 Å². The van der Waals surface area contributed by atoms with Crippen LogP contribution in [-0.2, 0) is 13.1 Å². The summed E-state index contributed by atoms with van der Waals surface area (Å²) in [7, 11) is 0. The van der Waals surface area contributed by atoms with E-state index in [4.69, 9.17) is 5.11 Å². The zero-order valence-electron chi connectivity index (χ0n) is 9.82. The van der Waals surface area contributed by atoms with Gasteiger partial charge in [-0.15, -0.1) is 11.3 Å². The third-order valence-corrected chi connectivity index (χ3v) is 4.30. The number of carboxylic acid groups (broad SMARTS) is 1. The van der Waals surface area contributed by atoms with Gasteiger partial charge in [0.1, 0.15) is 10.7 Å². The smallest absolute Gasteiger partial charge is 0.346 e. The van der Waals surface area contributed by atoms with Gasteiger partial charge in [-0.25, -0.2) is 9.18 Å². The number of hydrogen-bond acceptors (Lipinski definition) is 3. The lowest BCUT2D eigenvalue weighted by molar-refractivity contribution is 0.0701. The summed E-state index contributed by atoms with van der Waals surface area (Å²) >= 11 is 4.55. The molecule has 2 rings (SSSR count). The third kappa shape index (κ3) is 3.62. The van der Waals surface area contributed by atoms with Gasteiger partial charge in [-0.3, -0.25) is 0 Å². The van der Waals surface area contributed by atoms with Gasteiger partial charge in [0.15, 0.2) is 0 Å². The molecule has 0 amide bonds. The maximum atomic E-state index is 13.1. The van der Waals surface area contributed by atoms with Crippen LogP contribution < -0.4 is 5.32 Å². The van der Waals surface area contributed by atoms with Gasteiger partial charge in [0.05, 0.1) is 0 Å². The molecule has 0 aliphatic rings. The SMILES string of the molecule is O=C(O)c1sccc1CNCc1cc(F)ccc1Br. The Bertz CT molecular complexity index is 600. The van der Waals surface area contributed by atoms with E-state index in [0.29, 0.717) is 18.0 Å². The highest BCUT2D eigenvalue weighted by Crippen LogP contribution is 2.19. The number of carboxylic acids is 1. The van der Waals surface area contributed by atoms with E-state index in [1.54, 1.807) is 17.5 Å². The minimum Gasteiger partial charge on any atom is -0.477 e. The monoisotopic (exact) mass is 343 g/mol. The topological polar surface area (TPSA) is 49.3 Å². The van der Waals surface area contributed by atoms with E-state index < -0.39 is 5.97 Å². The lowest BCUT2D eigenvalue weighted by Crippen LogP contribution is -2.14. The molecule has 0 unspecified atom stereocenters. The Morgan fingerprint density at radius 2 is 2.05 bits per heavy atom. The van der Waals surface area contributed by atoms with E-state index in [-0.39, 0.29) is 5.82 Å². The highest BCUT2D eigenvalue weighted by Gasteiger charge is 2.11. The second-order valence-electron chi connectivity index (χ2n) is 3.92. The van der Waals surface area contributed by atoms with Crippen molar-refractivity contribution in [1.82, 2.24) is 5.32 Å². The molecular formula is C13H11BrFNO2S. The van der Waals surface area contributed by atoms with E-state index >= 15 is 0 Å². The summed E-state index contributed by atoms with van der Waals surface area (Å²) in [5.74, 6) is -1.21. The largest absolute Gasteiger partial charge is 0.477 e. The highest BCUT2D eigenvalue weighted by molar-refractivity contribution is 9.10. The molecule has 2 aromatic rings. The van der Waals surface area contributed by atoms with Crippen LogP contribution in [0.3, 0.4) is 0 Å². The van der Waals surface area contributed by atoms with Crippen LogP contribution >= 0.6 is 27.3 Å². The number of carbonyl (C=O) groups is 1. The molecule has 0 aliphatic heterocycles. The highest BCUT2D eigenvalue weighted by atomic mass is 79.9. The quantitative estimate of drug-likeness (QED) is 0.871. The van der Waals surface area contributed by atoms with Gasteiger partial charge in [0.25, 0.3) is 0 Å². The average molecular weight is 344 g/mol. The maximum Gasteiger partial charge on any atom is 0.346 e. The fraction of sp³-hybridized carbons (Fsp3) is 0.154. The molecule has 19 heavy (non-hydrogen) atoms. The molecule has 0 fully saturated rings. The summed E-state index contributed by atoms with van der Waals surface area (Å²) < 4.78 is 13.9. The number of nitrogens with one attached hydrogen (secondary N) is 1. The average Bonchev–Trinajstić information content (AvgIpc) is 2.82. The standard InChI is InChI=1S/C13H11BrFNO2S/c14-11-2-1-10(15)5-9(11)7-16-6-8-3-4-19-12(8)13(17)18/h1-5,16H,6-7H2,(H,17,18). The van der Waals surface area contributed by atoms with E-state index in [0.717, 1.165) is 15.6 Å². The first-order valence-corrected chi connectivity index (χ1v) is 7.19. The molecule has 0 atom stereocenters. The van der Waals surface area contributed by atoms with Crippen LogP contribution in [0.15, 0.2) is 34.1 Å². The van der Waals surface area contributed by atoms with Crippen LogP contribution in [0, 0.1) is 5.82 Å². The molecule has 0 saturated carbocycles. The summed E-state index contributed by atoms with van der Waals surface area (Å²) in [5, 5.41) is 13.8. The predicted octanol–water partition coefficient (Wildman–Crippen LogP) is 3.64. The Labute approximate surface area is 122 Å². The Balaban J connectivity index is 1.98. The van der Waals surface area contributed by atoms with Crippen molar-refractivity contribution >= 4 is 33.2 Å². The number of rotatable bonds is 5. The van der Waals surface area contributed by atoms with Crippen molar-refractivity contribution in [2.75, 3.05) is 0 Å². The summed E-state index contributed by atoms with van der Waals surface area (Å²) in [4.78, 5) is 11.3. The first-order chi connectivity index (χ1) is 9.08. The Hall–Kier alpha value is -1.24. The molecular weight excluding hydrogens is 333 g/mol. The molecule has 0 radical (unpaired) electrons. The number of hydrogen-bond donors (Lipinski definition) is 2. The Morgan fingerprint density at radius 3 is 2.79 bits per heavy atom. The number of benzene rings is 1. The van der Waals surface area contributed by atoms with E-state index in [9.17, 15) is 9.18 Å². The summed E-state index contributed by atoms with van der Waals surface area (Å²) in [5.41, 5.74) is 1.54. The summed E-state index contributed by atoms with van der Waals surface area (Å²) in [6, 6.07) is 6.26. The lowest BCUT2D eigenvalue weighted by Gasteiger charge is -2.07. The molecule has 1 heterocycles. The Morgan fingerprint density at radius 1 is 1.32 bits per heavy atom. The van der Waals surface area contributed by atoms with Crippen LogP contribution in [-0.4, -0.2) is 11.1 Å². The van der Waals surface area contributed by atoms with Gasteiger partial charge in [0, 0.05) is 17.6 Å². The molecule has 2 N–H and O–H groups in total. The summed E-state index contributed by atoms with van der Waals surface area (Å²) in [6.45, 7) is 0.904. The molecule has 6 heteroatoms. The van der Waals surface area contributed by atoms with Crippen LogP contribution in [0.4, 0.5) is 4.39 Å². The van der Waals surface area contributed by atoms with Crippen molar-refractivity contribution in [2.24, 2.45) is 0 Å². The second-order valence-corrected chi connectivity index (χ2v) is 5.69. The molecule has 0 spiro atoms. The predicted molar refractivity (Wildman–Crippen MR) is 75.9 cm³/mol. The molecule has 0 aliphatic carbocycles. The fourth-order valence-corrected chi connectivity index (χ4v) is 2.82. The molecule has 1 aromatic carbocycles. The van der Waals surface area contributed by atoms with Crippen molar-refractivity contribution in [3.8, 4) is 0 Å². The van der Waals surface area contributed by atoms with Crippen LogP contribution in [0.2, 0.25) is 0 Å². The molecule has 3 nitrogen and oxygen atoms in total. The van der Waals surface area contributed by atoms with Crippen LogP contribution in [0.25, 0.3) is 0 Å².